The molecule has 0 aliphatic carbocycles. The average Bonchev–Trinajstić information content (AvgIpc) is 3.29. The molecule has 0 bridgehead atoms. The Labute approximate surface area is 410 Å². The second-order valence-corrected chi connectivity index (χ2v) is 18.4. The minimum absolute atomic E-state index is 0.175. The highest BCUT2D eigenvalue weighted by Crippen LogP contribution is 2.13. The molecule has 2 atom stereocenters. The molecule has 382 valence electrons. The number of allylic oxidation sites excluding steroid dienone is 16. The van der Waals surface area contributed by atoms with Gasteiger partial charge in [-0.05, 0) is 96.3 Å². The van der Waals surface area contributed by atoms with Crippen LogP contribution >= 0.6 is 0 Å². The van der Waals surface area contributed by atoms with Crippen molar-refractivity contribution >= 4 is 17.9 Å². The molecule has 9 nitrogen and oxygen atoms in total. The standard InChI is InChI=1S/C58H97NO8/c1-6-8-10-12-14-16-18-20-22-24-25-26-27-28-29-30-31-33-35-37-39-41-43-45-47-49-56(61)67-54(53-66-58(57(62)63)64-51-50-59(3,4)5)52-65-55(60)48-46-44-42-40-38-36-34-32-23-21-19-17-15-13-11-9-7-2/h8,10,14,16,20-23,25-26,28-29,31,33,37,39,54,58H,6-7,9,11-13,15,17-19,24,27,30,32,34-36,38,40-53H2,1-5H3/p+1/b10-8-,16-14-,22-20-,23-21-,26-25-,29-28-,33-31-,39-37-. The fourth-order valence-electron chi connectivity index (χ4n) is 6.75. The van der Waals surface area contributed by atoms with Crippen LogP contribution in [0.5, 0.6) is 0 Å². The summed E-state index contributed by atoms with van der Waals surface area (Å²) >= 11 is 0. The SMILES string of the molecule is CC/C=C\C/C=C\C/C=C\C/C=C\C/C=C\C/C=C\C/C=C\CCCCCC(=O)OC(COC(=O)CCCCCCCCC/C=C\CCCCCCCC)COC(OCC[N+](C)(C)C)C(=O)O. The molecule has 0 fully saturated rings. The highest BCUT2D eigenvalue weighted by Gasteiger charge is 2.25. The maximum absolute atomic E-state index is 12.8. The highest BCUT2D eigenvalue weighted by atomic mass is 16.7. The highest BCUT2D eigenvalue weighted by molar-refractivity contribution is 5.71. The summed E-state index contributed by atoms with van der Waals surface area (Å²) in [4.78, 5) is 37.3. The molecule has 0 saturated carbocycles. The molecule has 9 heteroatoms. The molecule has 0 aliphatic heterocycles. The van der Waals surface area contributed by atoms with Crippen LogP contribution in [0, 0.1) is 0 Å². The van der Waals surface area contributed by atoms with Gasteiger partial charge in [0, 0.05) is 12.8 Å². The lowest BCUT2D eigenvalue weighted by Crippen LogP contribution is -2.40. The fourth-order valence-corrected chi connectivity index (χ4v) is 6.75. The molecule has 67 heavy (non-hydrogen) atoms. The van der Waals surface area contributed by atoms with Crippen LogP contribution in [0.15, 0.2) is 97.2 Å². The van der Waals surface area contributed by atoms with Gasteiger partial charge < -0.3 is 28.5 Å². The van der Waals surface area contributed by atoms with Crippen molar-refractivity contribution < 1.29 is 42.9 Å². The maximum Gasteiger partial charge on any atom is 0.361 e. The smallest absolute Gasteiger partial charge is 0.361 e. The van der Waals surface area contributed by atoms with E-state index in [9.17, 15) is 19.5 Å². The zero-order chi connectivity index (χ0) is 49.2. The number of carbonyl (C=O) groups excluding carboxylic acids is 2. The van der Waals surface area contributed by atoms with Crippen LogP contribution < -0.4 is 0 Å². The molecule has 2 unspecified atom stereocenters. The monoisotopic (exact) mass is 937 g/mol. The Hall–Kier alpha value is -3.79. The van der Waals surface area contributed by atoms with Crippen LogP contribution in [0.25, 0.3) is 0 Å². The number of carboxylic acid groups (broad SMARTS) is 1. The molecule has 0 aromatic rings. The van der Waals surface area contributed by atoms with Crippen LogP contribution in [0.1, 0.15) is 194 Å². The third-order valence-corrected chi connectivity index (χ3v) is 10.8. The average molecular weight is 937 g/mol. The van der Waals surface area contributed by atoms with Crippen LogP contribution in [0.4, 0.5) is 0 Å². The molecule has 0 radical (unpaired) electrons. The van der Waals surface area contributed by atoms with Gasteiger partial charge in [0.1, 0.15) is 13.2 Å². The van der Waals surface area contributed by atoms with E-state index in [1.54, 1.807) is 0 Å². The van der Waals surface area contributed by atoms with Crippen molar-refractivity contribution in [1.82, 2.24) is 0 Å². The van der Waals surface area contributed by atoms with Gasteiger partial charge in [-0.2, -0.15) is 0 Å². The molecule has 0 aromatic heterocycles. The zero-order valence-electron chi connectivity index (χ0n) is 43.3. The summed E-state index contributed by atoms with van der Waals surface area (Å²) in [6.07, 6.45) is 61.8. The Morgan fingerprint density at radius 3 is 1.30 bits per heavy atom. The van der Waals surface area contributed by atoms with Gasteiger partial charge in [-0.15, -0.1) is 0 Å². The number of carbonyl (C=O) groups is 3. The largest absolute Gasteiger partial charge is 0.477 e. The lowest BCUT2D eigenvalue weighted by Gasteiger charge is -2.25. The molecule has 0 spiro atoms. The van der Waals surface area contributed by atoms with Crippen molar-refractivity contribution in [3.8, 4) is 0 Å². The summed E-state index contributed by atoms with van der Waals surface area (Å²) in [6, 6.07) is 0. The van der Waals surface area contributed by atoms with Crippen molar-refractivity contribution in [2.24, 2.45) is 0 Å². The van der Waals surface area contributed by atoms with Gasteiger partial charge >= 0.3 is 17.9 Å². The van der Waals surface area contributed by atoms with E-state index in [4.69, 9.17) is 18.9 Å². The van der Waals surface area contributed by atoms with E-state index < -0.39 is 24.3 Å². The lowest BCUT2D eigenvalue weighted by molar-refractivity contribution is -0.870. The quantitative estimate of drug-likeness (QED) is 0.0211. The van der Waals surface area contributed by atoms with Gasteiger partial charge in [0.05, 0.1) is 34.4 Å². The summed E-state index contributed by atoms with van der Waals surface area (Å²) in [6.45, 7) is 4.70. The molecule has 0 heterocycles. The Morgan fingerprint density at radius 2 is 0.851 bits per heavy atom. The number of aliphatic carboxylic acids is 1. The summed E-state index contributed by atoms with van der Waals surface area (Å²) in [7, 11) is 5.94. The summed E-state index contributed by atoms with van der Waals surface area (Å²) in [5, 5.41) is 9.68. The molecular weight excluding hydrogens is 839 g/mol. The van der Waals surface area contributed by atoms with Gasteiger partial charge in [-0.1, -0.05) is 182 Å². The van der Waals surface area contributed by atoms with E-state index in [0.29, 0.717) is 17.4 Å². The van der Waals surface area contributed by atoms with Gasteiger partial charge in [0.15, 0.2) is 6.10 Å². The molecular formula is C58H98NO8+. The zero-order valence-corrected chi connectivity index (χ0v) is 43.3. The lowest BCUT2D eigenvalue weighted by atomic mass is 10.1. The van der Waals surface area contributed by atoms with E-state index in [1.807, 2.05) is 21.1 Å². The Balaban J connectivity index is 4.43. The summed E-state index contributed by atoms with van der Waals surface area (Å²) < 4.78 is 22.8. The van der Waals surface area contributed by atoms with Crippen LogP contribution in [0.3, 0.4) is 0 Å². The van der Waals surface area contributed by atoms with Crippen molar-refractivity contribution in [3.63, 3.8) is 0 Å². The fraction of sp³-hybridized carbons (Fsp3) is 0.672. The number of quaternary nitrogens is 1. The number of rotatable bonds is 47. The molecule has 0 rings (SSSR count). The Bertz CT molecular complexity index is 1420. The summed E-state index contributed by atoms with van der Waals surface area (Å²) in [5.41, 5.74) is 0. The Morgan fingerprint density at radius 1 is 0.463 bits per heavy atom. The predicted molar refractivity (Wildman–Crippen MR) is 281 cm³/mol. The van der Waals surface area contributed by atoms with E-state index in [0.717, 1.165) is 96.3 Å². The molecule has 0 aromatic carbocycles. The number of nitrogens with zero attached hydrogens (tertiary/aromatic N) is 1. The second kappa shape index (κ2) is 48.7. The normalized spacial score (nSPS) is 13.6. The van der Waals surface area contributed by atoms with Gasteiger partial charge in [0.25, 0.3) is 6.29 Å². The molecule has 1 N–H and O–H groups in total. The number of esters is 2. The third-order valence-electron chi connectivity index (χ3n) is 10.8. The second-order valence-electron chi connectivity index (χ2n) is 18.4. The minimum Gasteiger partial charge on any atom is -0.477 e. The van der Waals surface area contributed by atoms with Crippen molar-refractivity contribution in [2.45, 2.75) is 206 Å². The first-order valence-electron chi connectivity index (χ1n) is 26.4. The number of carboxylic acids is 1. The molecule has 0 saturated heterocycles. The van der Waals surface area contributed by atoms with Crippen molar-refractivity contribution in [1.29, 1.82) is 0 Å². The van der Waals surface area contributed by atoms with Crippen LogP contribution in [0.2, 0.25) is 0 Å². The van der Waals surface area contributed by atoms with Gasteiger partial charge in [-0.3, -0.25) is 9.59 Å². The minimum atomic E-state index is -1.53. The predicted octanol–water partition coefficient (Wildman–Crippen LogP) is 15.0. The maximum atomic E-state index is 12.8. The molecule has 0 aliphatic rings. The first-order chi connectivity index (χ1) is 32.6. The van der Waals surface area contributed by atoms with E-state index in [2.05, 4.69) is 111 Å². The number of hydrogen-bond acceptors (Lipinski definition) is 7. The first-order valence-corrected chi connectivity index (χ1v) is 26.4. The van der Waals surface area contributed by atoms with E-state index >= 15 is 0 Å². The van der Waals surface area contributed by atoms with Crippen molar-refractivity contribution in [3.05, 3.63) is 97.2 Å². The Kier molecular flexibility index (Phi) is 45.9. The van der Waals surface area contributed by atoms with Gasteiger partial charge in [-0.25, -0.2) is 4.79 Å². The van der Waals surface area contributed by atoms with E-state index in [-0.39, 0.29) is 38.6 Å². The van der Waals surface area contributed by atoms with Crippen LogP contribution in [-0.2, 0) is 33.3 Å². The number of unbranched alkanes of at least 4 members (excludes halogenated alkanes) is 16. The van der Waals surface area contributed by atoms with E-state index in [1.165, 1.54) is 64.2 Å². The van der Waals surface area contributed by atoms with Crippen molar-refractivity contribution in [2.75, 3.05) is 47.5 Å². The number of ether oxygens (including phenoxy) is 4. The number of likely N-dealkylation sites (N-methyl/N-ethyl adjacent to an activating group) is 1. The first kappa shape index (κ1) is 63.2. The van der Waals surface area contributed by atoms with Gasteiger partial charge in [0.2, 0.25) is 0 Å². The molecule has 0 amide bonds. The number of hydrogen-bond donors (Lipinski definition) is 1. The third kappa shape index (κ3) is 49.9. The van der Waals surface area contributed by atoms with Crippen LogP contribution in [-0.4, -0.2) is 87.4 Å². The summed E-state index contributed by atoms with van der Waals surface area (Å²) in [5.74, 6) is -2.07. The topological polar surface area (TPSA) is 108 Å².